The van der Waals surface area contributed by atoms with Crippen LogP contribution in [0.5, 0.6) is 5.75 Å². The van der Waals surface area contributed by atoms with Gasteiger partial charge < -0.3 is 19.5 Å². The van der Waals surface area contributed by atoms with Crippen molar-refractivity contribution >= 4 is 23.6 Å². The Labute approximate surface area is 156 Å². The fourth-order valence-electron chi connectivity index (χ4n) is 3.90. The van der Waals surface area contributed by atoms with Crippen LogP contribution < -0.4 is 4.74 Å². The molecule has 1 spiro atoms. The van der Waals surface area contributed by atoms with E-state index in [2.05, 4.69) is 25.3 Å². The summed E-state index contributed by atoms with van der Waals surface area (Å²) < 4.78 is 12.4. The molecule has 3 aliphatic rings. The van der Waals surface area contributed by atoms with Gasteiger partial charge in [-0.3, -0.25) is 9.59 Å². The first-order chi connectivity index (χ1) is 12.4. The molecule has 26 heavy (non-hydrogen) atoms. The molecule has 1 saturated heterocycles. The minimum absolute atomic E-state index is 0.0377. The van der Waals surface area contributed by atoms with Crippen molar-refractivity contribution in [3.8, 4) is 5.75 Å². The number of amides is 1. The normalized spacial score (nSPS) is 26.2. The lowest BCUT2D eigenvalue weighted by molar-refractivity contribution is -0.228. The number of ether oxygens (including phenoxy) is 2. The van der Waals surface area contributed by atoms with Crippen LogP contribution in [0, 0.1) is 18.8 Å². The van der Waals surface area contributed by atoms with E-state index in [9.17, 15) is 9.59 Å². The fraction of sp³-hybridized carbons (Fsp3) is 0.579. The first-order valence-electron chi connectivity index (χ1n) is 8.94. The topological polar surface area (TPSA) is 76.1 Å². The fourth-order valence-corrected chi connectivity index (χ4v) is 4.45. The third-order valence-corrected chi connectivity index (χ3v) is 6.31. The van der Waals surface area contributed by atoms with Gasteiger partial charge >= 0.3 is 5.97 Å². The average Bonchev–Trinajstić information content (AvgIpc) is 3.43. The smallest absolute Gasteiger partial charge is 0.307 e. The quantitative estimate of drug-likeness (QED) is 0.816. The van der Waals surface area contributed by atoms with Crippen LogP contribution in [0.15, 0.2) is 17.0 Å². The molecule has 7 heteroatoms. The first-order valence-corrected chi connectivity index (χ1v) is 10.2. The number of aliphatic carboxylic acids is 1. The molecule has 1 aromatic rings. The number of carbonyl (C=O) groups excluding carboxylic acids is 1. The molecule has 2 aliphatic heterocycles. The Bertz CT molecular complexity index is 757. The van der Waals surface area contributed by atoms with Gasteiger partial charge in [-0.2, -0.15) is 0 Å². The third kappa shape index (κ3) is 3.07. The van der Waals surface area contributed by atoms with Crippen molar-refractivity contribution in [1.82, 2.24) is 4.90 Å². The van der Waals surface area contributed by atoms with Gasteiger partial charge in [0.1, 0.15) is 5.75 Å². The highest BCUT2D eigenvalue weighted by Crippen LogP contribution is 2.43. The SMILES string of the molecule is CSc1cc(C)c2c(c1)COC1(CCN(C(=O)C3CC3C(=O)O)CC1)O2. The second kappa shape index (κ2) is 6.46. The molecular formula is C19H23NO5S. The molecule has 4 rings (SSSR count). The Morgan fingerprint density at radius 1 is 1.27 bits per heavy atom. The second-order valence-electron chi connectivity index (χ2n) is 7.35. The number of piperidine rings is 1. The predicted molar refractivity (Wildman–Crippen MR) is 96.2 cm³/mol. The van der Waals surface area contributed by atoms with E-state index in [-0.39, 0.29) is 11.8 Å². The van der Waals surface area contributed by atoms with Gasteiger partial charge in [0.25, 0.3) is 0 Å². The Morgan fingerprint density at radius 2 is 2.00 bits per heavy atom. The highest BCUT2D eigenvalue weighted by Gasteiger charge is 2.51. The van der Waals surface area contributed by atoms with E-state index in [4.69, 9.17) is 14.6 Å². The summed E-state index contributed by atoms with van der Waals surface area (Å²) in [7, 11) is 0. The van der Waals surface area contributed by atoms with E-state index in [1.165, 1.54) is 4.90 Å². The summed E-state index contributed by atoms with van der Waals surface area (Å²) >= 11 is 1.70. The zero-order valence-electron chi connectivity index (χ0n) is 15.0. The van der Waals surface area contributed by atoms with Crippen molar-refractivity contribution in [1.29, 1.82) is 0 Å². The molecule has 2 atom stereocenters. The number of rotatable bonds is 3. The van der Waals surface area contributed by atoms with Crippen LogP contribution in [-0.4, -0.2) is 47.0 Å². The third-order valence-electron chi connectivity index (χ3n) is 5.60. The van der Waals surface area contributed by atoms with Crippen molar-refractivity contribution in [3.63, 3.8) is 0 Å². The number of likely N-dealkylation sites (tertiary alicyclic amines) is 1. The van der Waals surface area contributed by atoms with Crippen LogP contribution in [0.4, 0.5) is 0 Å². The second-order valence-corrected chi connectivity index (χ2v) is 8.23. The molecule has 6 nitrogen and oxygen atoms in total. The summed E-state index contributed by atoms with van der Waals surface area (Å²) in [5.74, 6) is -1.52. The van der Waals surface area contributed by atoms with Gasteiger partial charge in [-0.15, -0.1) is 11.8 Å². The molecule has 1 saturated carbocycles. The lowest BCUT2D eigenvalue weighted by Gasteiger charge is -2.44. The molecule has 1 N–H and O–H groups in total. The number of nitrogens with zero attached hydrogens (tertiary/aromatic N) is 1. The molecule has 1 aromatic carbocycles. The molecule has 0 bridgehead atoms. The van der Waals surface area contributed by atoms with E-state index in [1.807, 2.05) is 0 Å². The zero-order chi connectivity index (χ0) is 18.5. The lowest BCUT2D eigenvalue weighted by atomic mass is 10.00. The van der Waals surface area contributed by atoms with E-state index in [0.717, 1.165) is 16.9 Å². The maximum Gasteiger partial charge on any atom is 0.307 e. The molecule has 2 heterocycles. The maximum atomic E-state index is 12.4. The minimum Gasteiger partial charge on any atom is -0.481 e. The van der Waals surface area contributed by atoms with Gasteiger partial charge in [0.2, 0.25) is 11.7 Å². The van der Waals surface area contributed by atoms with E-state index in [1.54, 1.807) is 16.7 Å². The largest absolute Gasteiger partial charge is 0.481 e. The number of aryl methyl sites for hydroxylation is 1. The maximum absolute atomic E-state index is 12.4. The number of benzene rings is 1. The lowest BCUT2D eigenvalue weighted by Crippen LogP contribution is -2.53. The Hall–Kier alpha value is -1.73. The summed E-state index contributed by atoms with van der Waals surface area (Å²) in [5.41, 5.74) is 2.18. The van der Waals surface area contributed by atoms with Crippen LogP contribution in [0.1, 0.15) is 30.4 Å². The molecule has 140 valence electrons. The summed E-state index contributed by atoms with van der Waals surface area (Å²) in [6, 6.07) is 4.23. The van der Waals surface area contributed by atoms with Crippen molar-refractivity contribution in [2.45, 2.75) is 43.5 Å². The summed E-state index contributed by atoms with van der Waals surface area (Å²) in [4.78, 5) is 26.4. The molecule has 2 fully saturated rings. The zero-order valence-corrected chi connectivity index (χ0v) is 15.8. The number of fused-ring (bicyclic) bond motifs is 1. The first kappa shape index (κ1) is 17.7. The molecular weight excluding hydrogens is 354 g/mol. The van der Waals surface area contributed by atoms with Crippen molar-refractivity contribution in [2.24, 2.45) is 11.8 Å². The van der Waals surface area contributed by atoms with Crippen molar-refractivity contribution in [3.05, 3.63) is 23.3 Å². The van der Waals surface area contributed by atoms with Gasteiger partial charge in [-0.25, -0.2) is 0 Å². The van der Waals surface area contributed by atoms with Crippen LogP contribution in [0.25, 0.3) is 0 Å². The summed E-state index contributed by atoms with van der Waals surface area (Å²) in [6.07, 6.45) is 3.72. The summed E-state index contributed by atoms with van der Waals surface area (Å²) in [6.45, 7) is 3.65. The Balaban J connectivity index is 1.42. The number of carboxylic acids is 1. The van der Waals surface area contributed by atoms with E-state index < -0.39 is 17.7 Å². The number of carbonyl (C=O) groups is 2. The highest BCUT2D eigenvalue weighted by molar-refractivity contribution is 7.98. The van der Waals surface area contributed by atoms with Crippen LogP contribution in [0.2, 0.25) is 0 Å². The molecule has 2 unspecified atom stereocenters. The molecule has 1 amide bonds. The van der Waals surface area contributed by atoms with E-state index >= 15 is 0 Å². The van der Waals surface area contributed by atoms with Crippen LogP contribution in [-0.2, 0) is 20.9 Å². The number of hydrogen-bond acceptors (Lipinski definition) is 5. The molecule has 0 aromatic heterocycles. The highest BCUT2D eigenvalue weighted by atomic mass is 32.2. The van der Waals surface area contributed by atoms with Gasteiger partial charge in [0.15, 0.2) is 0 Å². The van der Waals surface area contributed by atoms with Crippen molar-refractivity contribution in [2.75, 3.05) is 19.3 Å². The molecule has 1 aliphatic carbocycles. The van der Waals surface area contributed by atoms with Crippen LogP contribution in [0.3, 0.4) is 0 Å². The number of carboxylic acid groups (broad SMARTS) is 1. The van der Waals surface area contributed by atoms with Gasteiger partial charge in [-0.05, 0) is 37.3 Å². The standard InChI is InChI=1S/C19H23NO5S/c1-11-7-13(26-2)8-12-10-24-19(25-16(11)12)3-5-20(6-4-19)17(21)14-9-15(14)18(22)23/h7-8,14-15H,3-6,9-10H2,1-2H3,(H,22,23). The van der Waals surface area contributed by atoms with Gasteiger partial charge in [0, 0.05) is 36.4 Å². The monoisotopic (exact) mass is 377 g/mol. The predicted octanol–water partition coefficient (Wildman–Crippen LogP) is 2.67. The average molecular weight is 377 g/mol. The molecule has 0 radical (unpaired) electrons. The van der Waals surface area contributed by atoms with E-state index in [0.29, 0.717) is 39.0 Å². The summed E-state index contributed by atoms with van der Waals surface area (Å²) in [5, 5.41) is 9.01. The van der Waals surface area contributed by atoms with Crippen LogP contribution >= 0.6 is 11.8 Å². The van der Waals surface area contributed by atoms with Crippen molar-refractivity contribution < 1.29 is 24.2 Å². The Kier molecular flexibility index (Phi) is 4.39. The number of hydrogen-bond donors (Lipinski definition) is 1. The minimum atomic E-state index is -0.868. The Morgan fingerprint density at radius 3 is 2.62 bits per heavy atom. The number of thioether (sulfide) groups is 1. The van der Waals surface area contributed by atoms with Gasteiger partial charge in [-0.1, -0.05) is 0 Å². The van der Waals surface area contributed by atoms with Gasteiger partial charge in [0.05, 0.1) is 18.4 Å².